The van der Waals surface area contributed by atoms with Crippen LogP contribution in [0.5, 0.6) is 0 Å². The molecular weight excluding hydrogens is 209 g/mol. The van der Waals surface area contributed by atoms with Crippen LogP contribution in [0.1, 0.15) is 19.0 Å². The minimum Gasteiger partial charge on any atom is -0.305 e. The molecule has 0 aliphatic carbocycles. The van der Waals surface area contributed by atoms with Crippen LogP contribution in [0.25, 0.3) is 11.0 Å². The average Bonchev–Trinajstić information content (AvgIpc) is 2.83. The predicted molar refractivity (Wildman–Crippen MR) is 58.8 cm³/mol. The molecule has 2 heterocycles. The normalized spacial score (nSPS) is 20.7. The van der Waals surface area contributed by atoms with Crippen molar-refractivity contribution in [3.63, 3.8) is 0 Å². The van der Waals surface area contributed by atoms with Crippen molar-refractivity contribution >= 4 is 11.0 Å². The minimum absolute atomic E-state index is 0.0111. The Bertz CT molecular complexity index is 580. The van der Waals surface area contributed by atoms with E-state index in [9.17, 15) is 9.18 Å². The first-order valence-electron chi connectivity index (χ1n) is 5.39. The van der Waals surface area contributed by atoms with Gasteiger partial charge in [-0.2, -0.15) is 0 Å². The molecule has 5 heteroatoms. The molecule has 1 saturated heterocycles. The summed E-state index contributed by atoms with van der Waals surface area (Å²) in [7, 11) is 0. The molecule has 2 aromatic rings. The average molecular weight is 221 g/mol. The maximum atomic E-state index is 13.2. The van der Waals surface area contributed by atoms with Crippen LogP contribution in [-0.4, -0.2) is 16.1 Å². The van der Waals surface area contributed by atoms with Gasteiger partial charge in [0.25, 0.3) is 0 Å². The number of hydrogen-bond acceptors (Lipinski definition) is 2. The minimum atomic E-state index is -0.321. The largest absolute Gasteiger partial charge is 0.327 e. The summed E-state index contributed by atoms with van der Waals surface area (Å²) in [5, 5.41) is 3.23. The number of rotatable bonds is 1. The first-order chi connectivity index (χ1) is 7.75. The van der Waals surface area contributed by atoms with Crippen molar-refractivity contribution < 1.29 is 4.39 Å². The number of benzene rings is 1. The number of halogens is 1. The quantitative estimate of drug-likeness (QED) is 0.763. The lowest BCUT2D eigenvalue weighted by Crippen LogP contribution is -2.28. The zero-order valence-corrected chi connectivity index (χ0v) is 8.66. The van der Waals surface area contributed by atoms with E-state index < -0.39 is 0 Å². The van der Waals surface area contributed by atoms with Gasteiger partial charge in [-0.3, -0.25) is 9.88 Å². The highest BCUT2D eigenvalue weighted by Crippen LogP contribution is 2.20. The second kappa shape index (κ2) is 3.45. The van der Waals surface area contributed by atoms with Crippen molar-refractivity contribution in [1.82, 2.24) is 14.9 Å². The number of nitrogens with one attached hydrogen (secondary N) is 2. The van der Waals surface area contributed by atoms with Gasteiger partial charge in [0.05, 0.1) is 17.2 Å². The number of hydrogen-bond donors (Lipinski definition) is 2. The lowest BCUT2D eigenvalue weighted by Gasteiger charge is -2.11. The van der Waals surface area contributed by atoms with E-state index in [1.807, 2.05) is 0 Å². The molecule has 1 unspecified atom stereocenters. The summed E-state index contributed by atoms with van der Waals surface area (Å²) in [5.74, 6) is -0.321. The molecule has 84 valence electrons. The number of aromatic nitrogens is 2. The topological polar surface area (TPSA) is 49.8 Å². The summed E-state index contributed by atoms with van der Waals surface area (Å²) < 4.78 is 14.8. The molecule has 1 atom stereocenters. The molecule has 3 rings (SSSR count). The van der Waals surface area contributed by atoms with Gasteiger partial charge in [0.15, 0.2) is 0 Å². The Balaban J connectivity index is 2.25. The molecule has 4 nitrogen and oxygen atoms in total. The number of nitrogens with zero attached hydrogens (tertiary/aromatic N) is 1. The van der Waals surface area contributed by atoms with Crippen molar-refractivity contribution in [1.29, 1.82) is 0 Å². The van der Waals surface area contributed by atoms with Gasteiger partial charge in [-0.1, -0.05) is 0 Å². The molecule has 0 saturated carbocycles. The third-order valence-corrected chi connectivity index (χ3v) is 3.03. The van der Waals surface area contributed by atoms with E-state index in [0.717, 1.165) is 19.4 Å². The van der Waals surface area contributed by atoms with Crippen molar-refractivity contribution in [3.05, 3.63) is 34.5 Å². The Morgan fingerprint density at radius 2 is 2.31 bits per heavy atom. The smallest absolute Gasteiger partial charge is 0.305 e. The number of H-pyrrole nitrogens is 1. The standard InChI is InChI=1S/C11H12FN3O/c12-7-3-4-8-9(6-7)15(11(16)14-8)10-2-1-5-13-10/h3-4,6,10,13H,1-2,5H2,(H,14,16). The second-order valence-corrected chi connectivity index (χ2v) is 4.07. The van der Waals surface area contributed by atoms with Crippen molar-refractivity contribution in [3.8, 4) is 0 Å². The maximum absolute atomic E-state index is 13.2. The summed E-state index contributed by atoms with van der Waals surface area (Å²) in [6, 6.07) is 4.34. The Morgan fingerprint density at radius 3 is 3.06 bits per heavy atom. The molecule has 0 bridgehead atoms. The Labute approximate surface area is 91.1 Å². The molecule has 0 radical (unpaired) electrons. The summed E-state index contributed by atoms with van der Waals surface area (Å²) in [6.07, 6.45) is 1.94. The molecule has 1 aromatic carbocycles. The van der Waals surface area contributed by atoms with Crippen LogP contribution < -0.4 is 11.0 Å². The monoisotopic (exact) mass is 221 g/mol. The van der Waals surface area contributed by atoms with Gasteiger partial charge in [-0.15, -0.1) is 0 Å². The molecular formula is C11H12FN3O. The van der Waals surface area contributed by atoms with Gasteiger partial charge in [-0.05, 0) is 37.6 Å². The molecule has 16 heavy (non-hydrogen) atoms. The van der Waals surface area contributed by atoms with Gasteiger partial charge in [0.1, 0.15) is 5.82 Å². The lowest BCUT2D eigenvalue weighted by atomic mass is 10.3. The fourth-order valence-electron chi connectivity index (χ4n) is 2.29. The third-order valence-electron chi connectivity index (χ3n) is 3.03. The zero-order chi connectivity index (χ0) is 11.1. The van der Waals surface area contributed by atoms with Crippen LogP contribution in [-0.2, 0) is 0 Å². The van der Waals surface area contributed by atoms with Crippen LogP contribution >= 0.6 is 0 Å². The van der Waals surface area contributed by atoms with E-state index in [2.05, 4.69) is 10.3 Å². The fraction of sp³-hybridized carbons (Fsp3) is 0.364. The maximum Gasteiger partial charge on any atom is 0.327 e. The van der Waals surface area contributed by atoms with Gasteiger partial charge >= 0.3 is 5.69 Å². The van der Waals surface area contributed by atoms with Gasteiger partial charge in [-0.25, -0.2) is 9.18 Å². The van der Waals surface area contributed by atoms with Gasteiger partial charge in [0, 0.05) is 0 Å². The summed E-state index contributed by atoms with van der Waals surface area (Å²) >= 11 is 0. The predicted octanol–water partition coefficient (Wildman–Crippen LogP) is 1.35. The first kappa shape index (κ1) is 9.59. The van der Waals surface area contributed by atoms with Crippen LogP contribution in [0.3, 0.4) is 0 Å². The lowest BCUT2D eigenvalue weighted by molar-refractivity contribution is 0.468. The molecule has 2 N–H and O–H groups in total. The van der Waals surface area contributed by atoms with Crippen molar-refractivity contribution in [2.24, 2.45) is 0 Å². The van der Waals surface area contributed by atoms with Crippen LogP contribution in [0.2, 0.25) is 0 Å². The number of imidazole rings is 1. The highest BCUT2D eigenvalue weighted by atomic mass is 19.1. The molecule has 1 aromatic heterocycles. The SMILES string of the molecule is O=c1[nH]c2ccc(F)cc2n1C1CCCN1. The van der Waals surface area contributed by atoms with E-state index in [0.29, 0.717) is 11.0 Å². The third kappa shape index (κ3) is 1.36. The van der Waals surface area contributed by atoms with Crippen LogP contribution in [0.15, 0.2) is 23.0 Å². The summed E-state index contributed by atoms with van der Waals surface area (Å²) in [5.41, 5.74) is 1.13. The number of fused-ring (bicyclic) bond motifs is 1. The highest BCUT2D eigenvalue weighted by molar-refractivity contribution is 5.75. The van der Waals surface area contributed by atoms with E-state index in [1.54, 1.807) is 10.6 Å². The number of aromatic amines is 1. The molecule has 0 spiro atoms. The van der Waals surface area contributed by atoms with Crippen molar-refractivity contribution in [2.45, 2.75) is 19.0 Å². The molecule has 1 fully saturated rings. The summed E-state index contributed by atoms with van der Waals surface area (Å²) in [6.45, 7) is 0.902. The molecule has 0 amide bonds. The van der Waals surface area contributed by atoms with E-state index >= 15 is 0 Å². The summed E-state index contributed by atoms with van der Waals surface area (Å²) in [4.78, 5) is 14.5. The van der Waals surface area contributed by atoms with E-state index in [-0.39, 0.29) is 17.7 Å². The van der Waals surface area contributed by atoms with E-state index in [1.165, 1.54) is 12.1 Å². The zero-order valence-electron chi connectivity index (χ0n) is 8.66. The molecule has 1 aliphatic heterocycles. The Morgan fingerprint density at radius 1 is 1.44 bits per heavy atom. The van der Waals surface area contributed by atoms with Crippen molar-refractivity contribution in [2.75, 3.05) is 6.54 Å². The van der Waals surface area contributed by atoms with Gasteiger partial charge < -0.3 is 4.98 Å². The fourth-order valence-corrected chi connectivity index (χ4v) is 2.29. The Kier molecular flexibility index (Phi) is 2.07. The highest BCUT2D eigenvalue weighted by Gasteiger charge is 2.20. The Hall–Kier alpha value is -1.62. The van der Waals surface area contributed by atoms with Crippen LogP contribution in [0.4, 0.5) is 4.39 Å². The second-order valence-electron chi connectivity index (χ2n) is 4.07. The van der Waals surface area contributed by atoms with E-state index in [4.69, 9.17) is 0 Å². The molecule has 1 aliphatic rings. The van der Waals surface area contributed by atoms with Crippen LogP contribution in [0, 0.1) is 5.82 Å². The first-order valence-corrected chi connectivity index (χ1v) is 5.39. The van der Waals surface area contributed by atoms with Gasteiger partial charge in [0.2, 0.25) is 0 Å².